The third-order valence-electron chi connectivity index (χ3n) is 5.23. The first-order chi connectivity index (χ1) is 17.6. The zero-order valence-electron chi connectivity index (χ0n) is 24.6. The van der Waals surface area contributed by atoms with Crippen molar-refractivity contribution >= 4 is 26.7 Å². The van der Waals surface area contributed by atoms with Crippen LogP contribution < -0.4 is 21.4 Å². The van der Waals surface area contributed by atoms with Crippen LogP contribution in [0.4, 0.5) is 0 Å². The zero-order valence-corrected chi connectivity index (χ0v) is 40.3. The molecule has 0 spiro atoms. The van der Waals surface area contributed by atoms with Crippen LogP contribution in [0.1, 0.15) is 38.8 Å². The van der Waals surface area contributed by atoms with Gasteiger partial charge in [0.2, 0.25) is 0 Å². The van der Waals surface area contributed by atoms with Gasteiger partial charge in [-0.1, -0.05) is 30.2 Å². The van der Waals surface area contributed by atoms with Crippen LogP contribution in [0.15, 0.2) is 41.0 Å². The second-order valence-corrected chi connectivity index (χ2v) is 10.5. The molecule has 3 aliphatic carbocycles. The van der Waals surface area contributed by atoms with E-state index in [1.165, 1.54) is 19.1 Å². The Morgan fingerprint density at radius 1 is 0.767 bits per heavy atom. The molecule has 0 aromatic heterocycles. The average molecular weight is 1070 g/mol. The summed E-state index contributed by atoms with van der Waals surface area (Å²) < 4.78 is 0.724. The first kappa shape index (κ1) is 53.6. The molecule has 0 fully saturated rings. The van der Waals surface area contributed by atoms with Crippen molar-refractivity contribution in [2.24, 2.45) is 0 Å². The summed E-state index contributed by atoms with van der Waals surface area (Å²) in [6.45, 7) is 15.1. The van der Waals surface area contributed by atoms with Gasteiger partial charge in [0.05, 0.1) is 0 Å². The maximum atomic E-state index is 9.74. The van der Waals surface area contributed by atoms with Crippen LogP contribution in [-0.2, 0) is 169 Å². The fraction of sp³-hybridized carbons (Fsp3) is 0.207. The molecule has 0 aliphatic heterocycles. The Morgan fingerprint density at radius 3 is 1.47 bits per heavy atom. The largest absolute Gasteiger partial charge is 2.00 e. The topological polar surface area (TPSA) is 178 Å². The van der Waals surface area contributed by atoms with E-state index >= 15 is 0 Å². The molecular formula is C29H23N8VWY4-9. The first-order valence-electron chi connectivity index (χ1n) is 11.1. The monoisotopic (exact) mass is 1070 g/mol. The summed E-state index contributed by atoms with van der Waals surface area (Å²) in [5, 5.41) is 75.0. The van der Waals surface area contributed by atoms with E-state index in [1.54, 1.807) is 46.8 Å². The summed E-state index contributed by atoms with van der Waals surface area (Å²) in [7, 11) is 0. The van der Waals surface area contributed by atoms with Gasteiger partial charge in [0.1, 0.15) is 0 Å². The van der Waals surface area contributed by atoms with E-state index in [0.29, 0.717) is 32.7 Å². The van der Waals surface area contributed by atoms with Crippen LogP contribution in [-0.4, -0.2) is 26.7 Å². The van der Waals surface area contributed by atoms with Crippen molar-refractivity contribution in [3.05, 3.63) is 146 Å². The van der Waals surface area contributed by atoms with Gasteiger partial charge in [0, 0.05) is 131 Å². The van der Waals surface area contributed by atoms with Crippen molar-refractivity contribution < 1.29 is 169 Å². The van der Waals surface area contributed by atoms with Gasteiger partial charge in [0.25, 0.3) is 0 Å². The third kappa shape index (κ3) is 15.2. The Kier molecular flexibility index (Phi) is 31.4. The van der Waals surface area contributed by atoms with Gasteiger partial charge in [-0.2, -0.15) is 33.1 Å². The molecule has 14 heteroatoms. The van der Waals surface area contributed by atoms with Crippen LogP contribution in [0, 0.1) is 43.0 Å². The number of hydrogen-bond acceptors (Lipinski definition) is 0. The van der Waals surface area contributed by atoms with Crippen LogP contribution in [0.25, 0.3) is 43.3 Å². The molecule has 211 valence electrons. The van der Waals surface area contributed by atoms with Crippen LogP contribution in [0.2, 0.25) is 0 Å². The van der Waals surface area contributed by atoms with E-state index in [0.717, 1.165) is 23.3 Å². The minimum Gasteiger partial charge on any atom is 0 e. The van der Waals surface area contributed by atoms with Crippen molar-refractivity contribution in [3.63, 3.8) is 0 Å². The third-order valence-corrected chi connectivity index (χ3v) is 5.93. The summed E-state index contributed by atoms with van der Waals surface area (Å²) in [6.07, 6.45) is 8.75. The summed E-state index contributed by atoms with van der Waals surface area (Å²) in [5.74, 6) is 0. The Balaban J connectivity index is -0.000000163. The molecule has 43 heavy (non-hydrogen) atoms. The van der Waals surface area contributed by atoms with Crippen molar-refractivity contribution in [1.82, 2.24) is 0 Å². The van der Waals surface area contributed by atoms with E-state index in [4.69, 9.17) is 17.4 Å². The summed E-state index contributed by atoms with van der Waals surface area (Å²) >= 11 is 1.11. The Morgan fingerprint density at radius 2 is 1.16 bits per heavy atom. The van der Waals surface area contributed by atoms with Crippen molar-refractivity contribution in [3.8, 4) is 0 Å². The molecule has 3 rings (SSSR count). The van der Waals surface area contributed by atoms with Crippen LogP contribution in [0.3, 0.4) is 0 Å². The zero-order chi connectivity index (χ0) is 29.5. The predicted octanol–water partition coefficient (Wildman–Crippen LogP) is 2.97. The number of allylic oxidation sites excluding steroid dienone is 7. The number of nitrogens with zero attached hydrogens (tertiary/aromatic N) is 8. The quantitative estimate of drug-likeness (QED) is 0.249. The Hall–Kier alpha value is 1.10. The fourth-order valence-corrected chi connectivity index (χ4v) is 3.34. The van der Waals surface area contributed by atoms with Crippen molar-refractivity contribution in [2.75, 3.05) is 0 Å². The molecule has 0 N–H and O–H groups in total. The predicted molar refractivity (Wildman–Crippen MR) is 151 cm³/mol. The maximum absolute atomic E-state index is 9.74. The van der Waals surface area contributed by atoms with Crippen molar-refractivity contribution in [2.45, 2.75) is 41.5 Å². The number of aryl methyl sites for hydroxylation is 2. The minimum atomic E-state index is -0.284. The van der Waals surface area contributed by atoms with Gasteiger partial charge in [-0.15, -0.1) is 6.92 Å². The van der Waals surface area contributed by atoms with E-state index < -0.39 is 0 Å². The van der Waals surface area contributed by atoms with Gasteiger partial charge in [-0.3, -0.25) is 5.71 Å². The Labute approximate surface area is 376 Å². The van der Waals surface area contributed by atoms with E-state index in [2.05, 4.69) is 12.2 Å². The maximum Gasteiger partial charge on any atom is 2.00 e. The average Bonchev–Trinajstić information content (AvgIpc) is 2.87. The van der Waals surface area contributed by atoms with Crippen LogP contribution >= 0.6 is 0 Å². The fourth-order valence-electron chi connectivity index (χ4n) is 2.99. The second-order valence-electron chi connectivity index (χ2n) is 8.33. The number of hydrogen-bond donors (Lipinski definition) is 0. The molecular weight excluding hydrogens is 1050 g/mol. The molecule has 0 heterocycles. The molecule has 3 aliphatic rings. The molecule has 0 saturated heterocycles. The smallest absolute Gasteiger partial charge is 0 e. The van der Waals surface area contributed by atoms with Crippen LogP contribution in [0.5, 0.6) is 0 Å². The Bertz CT molecular complexity index is 1670. The molecule has 0 amide bonds. The molecule has 8 nitrogen and oxygen atoms in total. The molecule has 0 atom stereocenters. The molecule has 0 bridgehead atoms. The molecule has 0 unspecified atom stereocenters. The van der Waals surface area contributed by atoms with E-state index in [-0.39, 0.29) is 199 Å². The molecule has 0 aromatic carbocycles. The van der Waals surface area contributed by atoms with Gasteiger partial charge in [-0.05, 0) is 24.3 Å². The van der Waals surface area contributed by atoms with Gasteiger partial charge >= 0.3 is 90.0 Å². The summed E-state index contributed by atoms with van der Waals surface area (Å²) in [6, 6.07) is 3.03. The van der Waals surface area contributed by atoms with Crippen molar-refractivity contribution in [1.29, 1.82) is 0 Å². The van der Waals surface area contributed by atoms with E-state index in [1.807, 2.05) is 0 Å². The molecule has 0 saturated carbocycles. The van der Waals surface area contributed by atoms with Gasteiger partial charge in [-0.25, -0.2) is 6.08 Å². The minimum absolute atomic E-state index is 0. The molecule has 5 radical (unpaired) electrons. The molecule has 0 aromatic rings. The summed E-state index contributed by atoms with van der Waals surface area (Å²) in [4.78, 5) is 0. The van der Waals surface area contributed by atoms with Gasteiger partial charge < -0.3 is 55.9 Å². The first-order valence-corrected chi connectivity index (χ1v) is 12.6. The summed E-state index contributed by atoms with van der Waals surface area (Å²) in [5.41, 5.74) is 1.63. The standard InChI is InChI=1S/C12H8N4.C10H8N2.C7H7N2.V.W.4Y/c1-5-3-7-8(11(15)9(5)13)4-6(2)10(14)12(7)16;1-3-4-8-6-5-7(2)9(11)10(8)12;1-4-6(8)7(9)5(2)3;;;;;;/h3-4H,1-2H3;4-5H,1-2H3;2H,1,3H3;;;;;;/q2*-4;-3;+2;;;;;. The SMILES string of the molecule is C[C-]=CC1=[C-]C=C(C)C(=[N-])C1=[N-].Cc1cc2c(=[N-])c(=[N-])c(C)cc=2c(=[N-])c1=[N-].[CH-]=C(C)C(=[N-])C(=[N-])[C](C)=[W].[V+2].[Y].[Y].[Y].[Y]. The number of rotatable bonds is 4. The van der Waals surface area contributed by atoms with E-state index in [9.17, 15) is 32.5 Å². The second kappa shape index (κ2) is 25.2. The van der Waals surface area contributed by atoms with Gasteiger partial charge in [0.15, 0.2) is 0 Å². The normalized spacial score (nSPS) is 11.1.